The zero-order valence-electron chi connectivity index (χ0n) is 13.9. The van der Waals surface area contributed by atoms with Crippen LogP contribution in [-0.2, 0) is 25.3 Å². The van der Waals surface area contributed by atoms with Crippen LogP contribution in [0.2, 0.25) is 10.0 Å². The Kier molecular flexibility index (Phi) is 4.84. The van der Waals surface area contributed by atoms with Crippen LogP contribution < -0.4 is 16.6 Å². The van der Waals surface area contributed by atoms with Crippen LogP contribution in [0, 0.1) is 0 Å². The van der Waals surface area contributed by atoms with Gasteiger partial charge in [-0.3, -0.25) is 18.7 Å². The van der Waals surface area contributed by atoms with Crippen LogP contribution in [0.5, 0.6) is 0 Å². The molecule has 0 aliphatic carbocycles. The normalized spacial score (nSPS) is 10.9. The Hall–Kier alpha value is -2.64. The van der Waals surface area contributed by atoms with Crippen molar-refractivity contribution < 1.29 is 4.79 Å². The number of fused-ring (bicyclic) bond motifs is 1. The minimum Gasteiger partial charge on any atom is -0.324 e. The molecule has 1 N–H and O–H groups in total. The Bertz CT molecular complexity index is 1150. The highest BCUT2D eigenvalue weighted by Crippen LogP contribution is 2.22. The van der Waals surface area contributed by atoms with Crippen LogP contribution in [-0.4, -0.2) is 20.0 Å². The van der Waals surface area contributed by atoms with Crippen LogP contribution in [0.15, 0.2) is 40.1 Å². The number of benzene rings is 1. The summed E-state index contributed by atoms with van der Waals surface area (Å²) in [4.78, 5) is 40.6. The highest BCUT2D eigenvalue weighted by Gasteiger charge is 2.12. The van der Waals surface area contributed by atoms with Crippen LogP contribution in [0.25, 0.3) is 11.0 Å². The van der Waals surface area contributed by atoms with Gasteiger partial charge in [-0.2, -0.15) is 0 Å². The average molecular weight is 393 g/mol. The summed E-state index contributed by atoms with van der Waals surface area (Å²) in [7, 11) is 2.91. The van der Waals surface area contributed by atoms with Gasteiger partial charge in [0.05, 0.1) is 23.7 Å². The molecular weight excluding hydrogens is 379 g/mol. The predicted octanol–water partition coefficient (Wildman–Crippen LogP) is 2.12. The van der Waals surface area contributed by atoms with Gasteiger partial charge in [0.15, 0.2) is 0 Å². The molecule has 0 bridgehead atoms. The number of halogens is 2. The molecule has 0 aliphatic heterocycles. The number of carbonyl (C=O) groups excluding carboxylic acids is 1. The number of rotatable bonds is 3. The maximum Gasteiger partial charge on any atom is 0.332 e. The third kappa shape index (κ3) is 3.36. The molecule has 7 nitrogen and oxygen atoms in total. The van der Waals surface area contributed by atoms with Crippen LogP contribution in [0.3, 0.4) is 0 Å². The maximum absolute atomic E-state index is 12.3. The van der Waals surface area contributed by atoms with Crippen molar-refractivity contribution in [2.24, 2.45) is 14.1 Å². The first-order valence-electron chi connectivity index (χ1n) is 7.57. The molecule has 1 amide bonds. The van der Waals surface area contributed by atoms with E-state index in [0.717, 1.165) is 4.57 Å². The summed E-state index contributed by atoms with van der Waals surface area (Å²) in [5, 5.41) is 3.79. The Balaban J connectivity index is 1.90. The van der Waals surface area contributed by atoms with Gasteiger partial charge in [-0.25, -0.2) is 9.78 Å². The number of aromatic nitrogens is 3. The molecule has 2 aromatic heterocycles. The zero-order chi connectivity index (χ0) is 19.0. The topological polar surface area (TPSA) is 86.0 Å². The predicted molar refractivity (Wildman–Crippen MR) is 101 cm³/mol. The second-order valence-corrected chi connectivity index (χ2v) is 6.61. The molecule has 9 heteroatoms. The smallest absolute Gasteiger partial charge is 0.324 e. The Labute approximate surface area is 157 Å². The highest BCUT2D eigenvalue weighted by molar-refractivity contribution is 6.35. The van der Waals surface area contributed by atoms with Crippen molar-refractivity contribution in [2.75, 3.05) is 5.32 Å². The van der Waals surface area contributed by atoms with E-state index in [-0.39, 0.29) is 23.4 Å². The molecule has 0 saturated heterocycles. The lowest BCUT2D eigenvalue weighted by atomic mass is 10.1. The molecule has 0 fully saturated rings. The van der Waals surface area contributed by atoms with Gasteiger partial charge in [-0.15, -0.1) is 0 Å². The molecule has 2 heterocycles. The molecule has 0 aliphatic rings. The lowest BCUT2D eigenvalue weighted by Crippen LogP contribution is -2.37. The maximum atomic E-state index is 12.3. The Morgan fingerprint density at radius 1 is 1.15 bits per heavy atom. The molecule has 0 unspecified atom stereocenters. The van der Waals surface area contributed by atoms with E-state index in [9.17, 15) is 14.4 Å². The minimum atomic E-state index is -0.479. The number of nitrogens with zero attached hydrogens (tertiary/aromatic N) is 3. The molecule has 0 radical (unpaired) electrons. The summed E-state index contributed by atoms with van der Waals surface area (Å²) in [6.45, 7) is 0. The van der Waals surface area contributed by atoms with Crippen molar-refractivity contribution in [3.63, 3.8) is 0 Å². The molecule has 0 spiro atoms. The summed E-state index contributed by atoms with van der Waals surface area (Å²) in [6, 6.07) is 6.38. The Morgan fingerprint density at radius 2 is 1.88 bits per heavy atom. The first-order chi connectivity index (χ1) is 12.3. The van der Waals surface area contributed by atoms with E-state index in [4.69, 9.17) is 23.2 Å². The Morgan fingerprint density at radius 3 is 2.58 bits per heavy atom. The second-order valence-electron chi connectivity index (χ2n) is 5.76. The SMILES string of the molecule is Cn1c(=O)c2cc(NC(=O)Cc3ccc(Cl)cc3Cl)cnc2n(C)c1=O. The molecule has 1 aromatic carbocycles. The minimum absolute atomic E-state index is 0.0410. The standard InChI is InChI=1S/C17H14Cl2N4O3/c1-22-15-12(16(25)23(2)17(22)26)7-11(8-20-15)21-14(24)5-9-3-4-10(18)6-13(9)19/h3-4,6-8H,5H2,1-2H3,(H,21,24). The average Bonchev–Trinajstić information content (AvgIpc) is 2.60. The van der Waals surface area contributed by atoms with Gasteiger partial charge in [0.1, 0.15) is 5.65 Å². The van der Waals surface area contributed by atoms with Gasteiger partial charge in [-0.1, -0.05) is 29.3 Å². The summed E-state index contributed by atoms with van der Waals surface area (Å²) in [5.74, 6) is -0.322. The van der Waals surface area contributed by atoms with Gasteiger partial charge in [0.25, 0.3) is 5.56 Å². The number of hydrogen-bond acceptors (Lipinski definition) is 4. The molecule has 0 saturated carbocycles. The van der Waals surface area contributed by atoms with Gasteiger partial charge >= 0.3 is 5.69 Å². The van der Waals surface area contributed by atoms with Crippen LogP contribution in [0.1, 0.15) is 5.56 Å². The van der Waals surface area contributed by atoms with Crippen molar-refractivity contribution in [2.45, 2.75) is 6.42 Å². The van der Waals surface area contributed by atoms with Crippen molar-refractivity contribution in [1.29, 1.82) is 0 Å². The second kappa shape index (κ2) is 6.93. The van der Waals surface area contributed by atoms with Crippen molar-refractivity contribution in [3.05, 3.63) is 66.9 Å². The monoisotopic (exact) mass is 392 g/mol. The van der Waals surface area contributed by atoms with E-state index in [1.54, 1.807) is 18.2 Å². The number of amides is 1. The van der Waals surface area contributed by atoms with E-state index in [0.29, 0.717) is 21.3 Å². The zero-order valence-corrected chi connectivity index (χ0v) is 15.4. The van der Waals surface area contributed by atoms with Gasteiger partial charge in [-0.05, 0) is 23.8 Å². The van der Waals surface area contributed by atoms with E-state index in [2.05, 4.69) is 10.3 Å². The third-order valence-electron chi connectivity index (χ3n) is 3.94. The van der Waals surface area contributed by atoms with E-state index >= 15 is 0 Å². The van der Waals surface area contributed by atoms with Gasteiger partial charge < -0.3 is 5.32 Å². The molecule has 0 atom stereocenters. The number of hydrogen-bond donors (Lipinski definition) is 1. The number of nitrogens with one attached hydrogen (secondary N) is 1. The summed E-state index contributed by atoms with van der Waals surface area (Å²) >= 11 is 11.9. The fourth-order valence-corrected chi connectivity index (χ4v) is 3.05. The fourth-order valence-electron chi connectivity index (χ4n) is 2.58. The van der Waals surface area contributed by atoms with Crippen molar-refractivity contribution in [3.8, 4) is 0 Å². The van der Waals surface area contributed by atoms with E-state index in [1.165, 1.54) is 30.9 Å². The molecular formula is C17H14Cl2N4O3. The molecule has 3 aromatic rings. The molecule has 26 heavy (non-hydrogen) atoms. The van der Waals surface area contributed by atoms with E-state index < -0.39 is 11.2 Å². The molecule has 134 valence electrons. The summed E-state index contributed by atoms with van der Waals surface area (Å²) in [6.07, 6.45) is 1.43. The lowest BCUT2D eigenvalue weighted by molar-refractivity contribution is -0.115. The third-order valence-corrected chi connectivity index (χ3v) is 4.53. The molecule has 3 rings (SSSR count). The van der Waals surface area contributed by atoms with Gasteiger partial charge in [0, 0.05) is 24.1 Å². The first kappa shape index (κ1) is 18.2. The number of pyridine rings is 1. The van der Waals surface area contributed by atoms with E-state index in [1.807, 2.05) is 0 Å². The lowest BCUT2D eigenvalue weighted by Gasteiger charge is -2.10. The number of aryl methyl sites for hydroxylation is 1. The van der Waals surface area contributed by atoms with Gasteiger partial charge in [0.2, 0.25) is 5.91 Å². The quantitative estimate of drug-likeness (QED) is 0.739. The van der Waals surface area contributed by atoms with Crippen LogP contribution >= 0.6 is 23.2 Å². The van der Waals surface area contributed by atoms with Crippen molar-refractivity contribution >= 4 is 45.8 Å². The largest absolute Gasteiger partial charge is 0.332 e. The number of anilines is 1. The number of carbonyl (C=O) groups is 1. The van der Waals surface area contributed by atoms with Crippen molar-refractivity contribution in [1.82, 2.24) is 14.1 Å². The van der Waals surface area contributed by atoms with Crippen LogP contribution in [0.4, 0.5) is 5.69 Å². The summed E-state index contributed by atoms with van der Waals surface area (Å²) < 4.78 is 2.26. The highest BCUT2D eigenvalue weighted by atomic mass is 35.5. The summed E-state index contributed by atoms with van der Waals surface area (Å²) in [5.41, 5.74) is 0.275. The fraction of sp³-hybridized carbons (Fsp3) is 0.176. The first-order valence-corrected chi connectivity index (χ1v) is 8.33.